The van der Waals surface area contributed by atoms with Crippen molar-refractivity contribution >= 4 is 23.4 Å². The Morgan fingerprint density at radius 3 is 2.29 bits per heavy atom. The number of aryl methyl sites for hydroxylation is 1. The number of benzene rings is 1. The molecule has 0 unspecified atom stereocenters. The number of hydrogen-bond donors (Lipinski definition) is 3. The van der Waals surface area contributed by atoms with E-state index in [0.717, 1.165) is 5.56 Å². The van der Waals surface area contributed by atoms with E-state index in [4.69, 9.17) is 5.73 Å². The van der Waals surface area contributed by atoms with Crippen LogP contribution in [0.1, 0.15) is 46.3 Å². The molecular weight excluding hydrogens is 308 g/mol. The largest absolute Gasteiger partial charge is 0.351 e. The fraction of sp³-hybridized carbons (Fsp3) is 0.235. The second kappa shape index (κ2) is 6.99. The maximum Gasteiger partial charge on any atom is 0.316 e. The van der Waals surface area contributed by atoms with Gasteiger partial charge in [-0.1, -0.05) is 12.1 Å². The summed E-state index contributed by atoms with van der Waals surface area (Å²) in [4.78, 5) is 34.6. The number of urea groups is 1. The van der Waals surface area contributed by atoms with E-state index in [1.807, 2.05) is 6.92 Å². The van der Waals surface area contributed by atoms with E-state index in [0.29, 0.717) is 16.9 Å². The van der Waals surface area contributed by atoms with Crippen molar-refractivity contribution in [3.63, 3.8) is 0 Å². The molecule has 0 radical (unpaired) electrons. The van der Waals surface area contributed by atoms with Gasteiger partial charge in [0.1, 0.15) is 5.69 Å². The molecule has 24 heavy (non-hydrogen) atoms. The minimum Gasteiger partial charge on any atom is -0.351 e. The van der Waals surface area contributed by atoms with E-state index in [1.165, 1.54) is 6.92 Å². The highest BCUT2D eigenvalue weighted by Crippen LogP contribution is 2.17. The first-order valence-corrected chi connectivity index (χ1v) is 7.42. The zero-order chi connectivity index (χ0) is 17.9. The standard InChI is InChI=1S/C17H20N4O3/c1-10(12-4-6-14(7-5-12)20-17(18)24)19-16(23)15-8-13(11(2)22)9-21(15)3/h4-10H,1-3H3,(H,19,23)(H3,18,20,24)/t10-/m1/s1. The highest BCUT2D eigenvalue weighted by Gasteiger charge is 2.16. The van der Waals surface area contributed by atoms with Crippen molar-refractivity contribution in [1.82, 2.24) is 9.88 Å². The predicted octanol–water partition coefficient (Wildman–Crippen LogP) is 2.21. The van der Waals surface area contributed by atoms with Crippen LogP contribution >= 0.6 is 0 Å². The van der Waals surface area contributed by atoms with Crippen LogP contribution in [0.5, 0.6) is 0 Å². The number of nitrogens with zero attached hydrogens (tertiary/aromatic N) is 1. The van der Waals surface area contributed by atoms with Gasteiger partial charge in [-0.05, 0) is 37.6 Å². The summed E-state index contributed by atoms with van der Waals surface area (Å²) in [5, 5.41) is 5.36. The van der Waals surface area contributed by atoms with Crippen molar-refractivity contribution in [3.05, 3.63) is 53.3 Å². The number of aromatic nitrogens is 1. The summed E-state index contributed by atoms with van der Waals surface area (Å²) in [5.74, 6) is -0.355. The van der Waals surface area contributed by atoms with Crippen molar-refractivity contribution < 1.29 is 14.4 Å². The molecule has 0 aliphatic carbocycles. The highest BCUT2D eigenvalue weighted by atomic mass is 16.2. The summed E-state index contributed by atoms with van der Waals surface area (Å²) >= 11 is 0. The molecule has 1 heterocycles. The lowest BCUT2D eigenvalue weighted by Crippen LogP contribution is -2.28. The van der Waals surface area contributed by atoms with E-state index >= 15 is 0 Å². The van der Waals surface area contributed by atoms with E-state index in [-0.39, 0.29) is 17.7 Å². The van der Waals surface area contributed by atoms with Crippen LogP contribution in [0.15, 0.2) is 36.5 Å². The Bertz CT molecular complexity index is 778. The number of nitrogens with one attached hydrogen (secondary N) is 2. The van der Waals surface area contributed by atoms with Crippen LogP contribution in [0.2, 0.25) is 0 Å². The lowest BCUT2D eigenvalue weighted by Gasteiger charge is -2.15. The summed E-state index contributed by atoms with van der Waals surface area (Å²) in [7, 11) is 1.72. The Balaban J connectivity index is 2.08. The second-order valence-electron chi connectivity index (χ2n) is 5.59. The lowest BCUT2D eigenvalue weighted by molar-refractivity contribution is 0.0931. The molecule has 0 spiro atoms. The molecule has 4 N–H and O–H groups in total. The Hall–Kier alpha value is -3.09. The molecule has 1 atom stereocenters. The number of carbonyl (C=O) groups excluding carboxylic acids is 3. The SMILES string of the molecule is CC(=O)c1cc(C(=O)N[C@H](C)c2ccc(NC(N)=O)cc2)n(C)c1. The summed E-state index contributed by atoms with van der Waals surface area (Å²) in [6.45, 7) is 3.31. The number of amides is 3. The number of nitrogens with two attached hydrogens (primary N) is 1. The average molecular weight is 328 g/mol. The van der Waals surface area contributed by atoms with Crippen LogP contribution in [-0.4, -0.2) is 22.3 Å². The molecule has 126 valence electrons. The quantitative estimate of drug-likeness (QED) is 0.732. The maximum atomic E-state index is 12.4. The Labute approximate surface area is 139 Å². The lowest BCUT2D eigenvalue weighted by atomic mass is 10.1. The molecule has 0 bridgehead atoms. The minimum absolute atomic E-state index is 0.0877. The molecule has 0 fully saturated rings. The van der Waals surface area contributed by atoms with Gasteiger partial charge in [0.15, 0.2) is 5.78 Å². The normalized spacial score (nSPS) is 11.6. The van der Waals surface area contributed by atoms with E-state index in [9.17, 15) is 14.4 Å². The molecule has 1 aromatic carbocycles. The van der Waals surface area contributed by atoms with Crippen LogP contribution in [-0.2, 0) is 7.05 Å². The first-order chi connectivity index (χ1) is 11.3. The third-order valence-corrected chi connectivity index (χ3v) is 3.67. The van der Waals surface area contributed by atoms with Crippen molar-refractivity contribution in [1.29, 1.82) is 0 Å². The molecular formula is C17H20N4O3. The Morgan fingerprint density at radius 1 is 1.17 bits per heavy atom. The Kier molecular flexibility index (Phi) is 5.03. The molecule has 2 aromatic rings. The fourth-order valence-corrected chi connectivity index (χ4v) is 2.33. The molecule has 3 amide bonds. The van der Waals surface area contributed by atoms with Gasteiger partial charge in [-0.2, -0.15) is 0 Å². The number of ketones is 1. The van der Waals surface area contributed by atoms with E-state index < -0.39 is 6.03 Å². The summed E-state index contributed by atoms with van der Waals surface area (Å²) < 4.78 is 1.62. The van der Waals surface area contributed by atoms with Crippen LogP contribution < -0.4 is 16.4 Å². The molecule has 1 aromatic heterocycles. The number of primary amides is 1. The van der Waals surface area contributed by atoms with Gasteiger partial charge in [0.25, 0.3) is 5.91 Å². The molecule has 0 aliphatic rings. The van der Waals surface area contributed by atoms with Gasteiger partial charge in [0, 0.05) is 24.5 Å². The van der Waals surface area contributed by atoms with E-state index in [2.05, 4.69) is 10.6 Å². The van der Waals surface area contributed by atoms with Crippen molar-refractivity contribution in [2.24, 2.45) is 12.8 Å². The van der Waals surface area contributed by atoms with Crippen molar-refractivity contribution in [2.45, 2.75) is 19.9 Å². The number of carbonyl (C=O) groups is 3. The monoisotopic (exact) mass is 328 g/mol. The zero-order valence-electron chi connectivity index (χ0n) is 13.8. The third-order valence-electron chi connectivity index (χ3n) is 3.67. The van der Waals surface area contributed by atoms with E-state index in [1.54, 1.807) is 48.1 Å². The smallest absolute Gasteiger partial charge is 0.316 e. The molecule has 0 aliphatic heterocycles. The minimum atomic E-state index is -0.630. The van der Waals surface area contributed by atoms with Gasteiger partial charge >= 0.3 is 6.03 Å². The van der Waals surface area contributed by atoms with Crippen LogP contribution in [0, 0.1) is 0 Å². The summed E-state index contributed by atoms with van der Waals surface area (Å²) in [6, 6.07) is 7.71. The van der Waals surface area contributed by atoms with Gasteiger partial charge < -0.3 is 20.9 Å². The van der Waals surface area contributed by atoms with Crippen LogP contribution in [0.4, 0.5) is 10.5 Å². The zero-order valence-corrected chi connectivity index (χ0v) is 13.8. The number of hydrogen-bond acceptors (Lipinski definition) is 3. The van der Waals surface area contributed by atoms with Gasteiger partial charge in [-0.25, -0.2) is 4.79 Å². The third kappa shape index (κ3) is 4.01. The molecule has 7 nitrogen and oxygen atoms in total. The van der Waals surface area contributed by atoms with Crippen molar-refractivity contribution in [2.75, 3.05) is 5.32 Å². The maximum absolute atomic E-state index is 12.4. The van der Waals surface area contributed by atoms with Crippen molar-refractivity contribution in [3.8, 4) is 0 Å². The first-order valence-electron chi connectivity index (χ1n) is 7.42. The van der Waals surface area contributed by atoms with Gasteiger partial charge in [-0.3, -0.25) is 9.59 Å². The molecule has 0 saturated carbocycles. The predicted molar refractivity (Wildman–Crippen MR) is 90.9 cm³/mol. The molecule has 2 rings (SSSR count). The van der Waals surface area contributed by atoms with Crippen LogP contribution in [0.3, 0.4) is 0 Å². The second-order valence-corrected chi connectivity index (χ2v) is 5.59. The number of rotatable bonds is 5. The van der Waals surface area contributed by atoms with Crippen LogP contribution in [0.25, 0.3) is 0 Å². The molecule has 0 saturated heterocycles. The average Bonchev–Trinajstić information content (AvgIpc) is 2.89. The number of Topliss-reactive ketones (excluding diaryl/α,β-unsaturated/α-hetero) is 1. The number of anilines is 1. The first kappa shape index (κ1) is 17.3. The summed E-state index contributed by atoms with van der Waals surface area (Å²) in [5.41, 5.74) is 7.43. The topological polar surface area (TPSA) is 106 Å². The van der Waals surface area contributed by atoms with Gasteiger partial charge in [-0.15, -0.1) is 0 Å². The highest BCUT2D eigenvalue weighted by molar-refractivity contribution is 5.99. The van der Waals surface area contributed by atoms with Gasteiger partial charge in [0.05, 0.1) is 6.04 Å². The van der Waals surface area contributed by atoms with Gasteiger partial charge in [0.2, 0.25) is 0 Å². The Morgan fingerprint density at radius 2 is 1.79 bits per heavy atom. The summed E-state index contributed by atoms with van der Waals surface area (Å²) in [6.07, 6.45) is 1.63. The fourth-order valence-electron chi connectivity index (χ4n) is 2.33. The molecule has 7 heteroatoms.